The average molecular weight is 249 g/mol. The third kappa shape index (κ3) is 3.21. The van der Waals surface area contributed by atoms with E-state index in [1.807, 2.05) is 12.1 Å². The van der Waals surface area contributed by atoms with Crippen LogP contribution in [0.1, 0.15) is 25.3 Å². The zero-order valence-electron chi connectivity index (χ0n) is 10.1. The highest BCUT2D eigenvalue weighted by molar-refractivity contribution is 6.30. The van der Waals surface area contributed by atoms with Crippen LogP contribution in [0.5, 0.6) is 0 Å². The van der Waals surface area contributed by atoms with Gasteiger partial charge < -0.3 is 0 Å². The Hall–Kier alpha value is -1.04. The first kappa shape index (κ1) is 12.4. The van der Waals surface area contributed by atoms with E-state index in [1.54, 1.807) is 0 Å². The summed E-state index contributed by atoms with van der Waals surface area (Å²) in [6, 6.07) is 10.4. The summed E-state index contributed by atoms with van der Waals surface area (Å²) in [5.74, 6) is 0. The first-order valence-electron chi connectivity index (χ1n) is 5.99. The van der Waals surface area contributed by atoms with Crippen molar-refractivity contribution in [2.24, 2.45) is 5.41 Å². The summed E-state index contributed by atoms with van der Waals surface area (Å²) in [5, 5.41) is 9.86. The van der Waals surface area contributed by atoms with E-state index in [9.17, 15) is 0 Å². The van der Waals surface area contributed by atoms with Crippen molar-refractivity contribution in [3.63, 3.8) is 0 Å². The number of likely N-dealkylation sites (tertiary alicyclic amines) is 1. The predicted molar refractivity (Wildman–Crippen MR) is 69.7 cm³/mol. The summed E-state index contributed by atoms with van der Waals surface area (Å²) in [4.78, 5) is 2.41. The molecule has 1 aliphatic heterocycles. The van der Waals surface area contributed by atoms with Crippen molar-refractivity contribution in [3.05, 3.63) is 34.9 Å². The molecular weight excluding hydrogens is 232 g/mol. The van der Waals surface area contributed by atoms with Crippen LogP contribution in [-0.4, -0.2) is 18.0 Å². The summed E-state index contributed by atoms with van der Waals surface area (Å²) < 4.78 is 0. The quantitative estimate of drug-likeness (QED) is 0.802. The number of hydrogen-bond donors (Lipinski definition) is 0. The molecule has 0 saturated carbocycles. The van der Waals surface area contributed by atoms with Gasteiger partial charge in [0.15, 0.2) is 0 Å². The first-order chi connectivity index (χ1) is 8.11. The molecule has 3 heteroatoms. The smallest absolute Gasteiger partial charge is 0.0687 e. The standard InChI is InChI=1S/C14H17ClN2/c1-14(11-16)6-8-17(9-7-14)10-12-2-4-13(15)5-3-12/h2-5H,6-10H2,1H3. The summed E-state index contributed by atoms with van der Waals surface area (Å²) >= 11 is 5.86. The molecule has 0 aromatic heterocycles. The molecule has 2 rings (SSSR count). The van der Waals surface area contributed by atoms with Crippen molar-refractivity contribution in [2.45, 2.75) is 26.3 Å². The maximum Gasteiger partial charge on any atom is 0.0687 e. The Bertz CT molecular complexity index is 411. The number of hydrogen-bond acceptors (Lipinski definition) is 2. The molecule has 0 aliphatic carbocycles. The van der Waals surface area contributed by atoms with Crippen molar-refractivity contribution >= 4 is 11.6 Å². The van der Waals surface area contributed by atoms with Gasteiger partial charge in [-0.3, -0.25) is 4.90 Å². The van der Waals surface area contributed by atoms with Gasteiger partial charge in [0.2, 0.25) is 0 Å². The lowest BCUT2D eigenvalue weighted by Gasteiger charge is -2.34. The van der Waals surface area contributed by atoms with Gasteiger partial charge in [-0.1, -0.05) is 23.7 Å². The molecule has 0 bridgehead atoms. The van der Waals surface area contributed by atoms with Crippen molar-refractivity contribution in [1.82, 2.24) is 4.90 Å². The summed E-state index contributed by atoms with van der Waals surface area (Å²) in [6.07, 6.45) is 1.94. The molecule has 2 nitrogen and oxygen atoms in total. The molecule has 17 heavy (non-hydrogen) atoms. The molecule has 1 aromatic rings. The van der Waals surface area contributed by atoms with Crippen LogP contribution in [-0.2, 0) is 6.54 Å². The van der Waals surface area contributed by atoms with Crippen molar-refractivity contribution in [1.29, 1.82) is 5.26 Å². The van der Waals surface area contributed by atoms with Crippen LogP contribution in [0.2, 0.25) is 5.02 Å². The lowest BCUT2D eigenvalue weighted by atomic mass is 9.82. The highest BCUT2D eigenvalue weighted by Gasteiger charge is 2.29. The Kier molecular flexibility index (Phi) is 3.71. The SMILES string of the molecule is CC1(C#N)CCN(Cc2ccc(Cl)cc2)CC1. The molecule has 0 atom stereocenters. The van der Waals surface area contributed by atoms with Crippen LogP contribution in [0.4, 0.5) is 0 Å². The third-order valence-corrected chi connectivity index (χ3v) is 3.80. The molecule has 0 unspecified atom stereocenters. The molecule has 90 valence electrons. The van der Waals surface area contributed by atoms with E-state index >= 15 is 0 Å². The molecule has 0 radical (unpaired) electrons. The molecule has 1 aromatic carbocycles. The van der Waals surface area contributed by atoms with Gasteiger partial charge in [-0.2, -0.15) is 5.26 Å². The Morgan fingerprint density at radius 3 is 2.41 bits per heavy atom. The fourth-order valence-corrected chi connectivity index (χ4v) is 2.29. The largest absolute Gasteiger partial charge is 0.299 e. The highest BCUT2D eigenvalue weighted by Crippen LogP contribution is 2.30. The van der Waals surface area contributed by atoms with E-state index in [2.05, 4.69) is 30.0 Å². The van der Waals surface area contributed by atoms with Crippen molar-refractivity contribution < 1.29 is 0 Å². The van der Waals surface area contributed by atoms with Crippen LogP contribution < -0.4 is 0 Å². The van der Waals surface area contributed by atoms with Gasteiger partial charge in [-0.15, -0.1) is 0 Å². The van der Waals surface area contributed by atoms with Crippen LogP contribution in [0.3, 0.4) is 0 Å². The Morgan fingerprint density at radius 1 is 1.29 bits per heavy atom. The minimum absolute atomic E-state index is 0.115. The summed E-state index contributed by atoms with van der Waals surface area (Å²) in [6.45, 7) is 5.03. The van der Waals surface area contributed by atoms with Crippen LogP contribution in [0.15, 0.2) is 24.3 Å². The summed E-state index contributed by atoms with van der Waals surface area (Å²) in [5.41, 5.74) is 1.17. The monoisotopic (exact) mass is 248 g/mol. The minimum Gasteiger partial charge on any atom is -0.299 e. The van der Waals surface area contributed by atoms with Gasteiger partial charge in [0.1, 0.15) is 0 Å². The lowest BCUT2D eigenvalue weighted by Crippen LogP contribution is -2.37. The van der Waals surface area contributed by atoms with Gasteiger partial charge in [-0.05, 0) is 50.6 Å². The fourth-order valence-electron chi connectivity index (χ4n) is 2.16. The zero-order valence-corrected chi connectivity index (χ0v) is 10.9. The molecule has 1 saturated heterocycles. The number of nitriles is 1. The topological polar surface area (TPSA) is 27.0 Å². The minimum atomic E-state index is -0.115. The van der Waals surface area contributed by atoms with E-state index < -0.39 is 0 Å². The maximum absolute atomic E-state index is 9.07. The number of nitrogens with zero attached hydrogens (tertiary/aromatic N) is 2. The van der Waals surface area contributed by atoms with Crippen LogP contribution in [0, 0.1) is 16.7 Å². The van der Waals surface area contributed by atoms with E-state index in [0.717, 1.165) is 37.5 Å². The van der Waals surface area contributed by atoms with Gasteiger partial charge in [0, 0.05) is 11.6 Å². The molecule has 1 heterocycles. The van der Waals surface area contributed by atoms with Crippen molar-refractivity contribution in [3.8, 4) is 6.07 Å². The van der Waals surface area contributed by atoms with Crippen molar-refractivity contribution in [2.75, 3.05) is 13.1 Å². The second-order valence-electron chi connectivity index (χ2n) is 5.08. The van der Waals surface area contributed by atoms with Gasteiger partial charge in [0.05, 0.1) is 11.5 Å². The summed E-state index contributed by atoms with van der Waals surface area (Å²) in [7, 11) is 0. The Morgan fingerprint density at radius 2 is 1.88 bits per heavy atom. The lowest BCUT2D eigenvalue weighted by molar-refractivity contribution is 0.150. The average Bonchev–Trinajstić information content (AvgIpc) is 2.35. The molecular formula is C14H17ClN2. The van der Waals surface area contributed by atoms with E-state index in [1.165, 1.54) is 5.56 Å². The predicted octanol–water partition coefficient (Wildman–Crippen LogP) is 3.47. The second-order valence-corrected chi connectivity index (χ2v) is 5.51. The van der Waals surface area contributed by atoms with Crippen LogP contribution in [0.25, 0.3) is 0 Å². The normalized spacial score (nSPS) is 19.8. The van der Waals surface area contributed by atoms with Gasteiger partial charge >= 0.3 is 0 Å². The molecule has 1 aliphatic rings. The molecule has 1 fully saturated rings. The highest BCUT2D eigenvalue weighted by atomic mass is 35.5. The number of piperidine rings is 1. The number of rotatable bonds is 2. The Labute approximate surface area is 108 Å². The van der Waals surface area contributed by atoms with E-state index in [4.69, 9.17) is 16.9 Å². The molecule has 0 spiro atoms. The molecule has 0 N–H and O–H groups in total. The van der Waals surface area contributed by atoms with E-state index in [-0.39, 0.29) is 5.41 Å². The zero-order chi connectivity index (χ0) is 12.3. The molecule has 0 amide bonds. The fraction of sp³-hybridized carbons (Fsp3) is 0.500. The Balaban J connectivity index is 1.90. The number of benzene rings is 1. The van der Waals surface area contributed by atoms with Gasteiger partial charge in [-0.25, -0.2) is 0 Å². The van der Waals surface area contributed by atoms with Crippen LogP contribution >= 0.6 is 11.6 Å². The maximum atomic E-state index is 9.07. The first-order valence-corrected chi connectivity index (χ1v) is 6.37. The van der Waals surface area contributed by atoms with E-state index in [0.29, 0.717) is 0 Å². The number of halogens is 1. The van der Waals surface area contributed by atoms with Gasteiger partial charge in [0.25, 0.3) is 0 Å². The second kappa shape index (κ2) is 5.08. The third-order valence-electron chi connectivity index (χ3n) is 3.55.